The number of nitrogens with two attached hydrogens (primary N) is 1. The van der Waals surface area contributed by atoms with E-state index in [9.17, 15) is 19.2 Å². The van der Waals surface area contributed by atoms with Crippen LogP contribution in [0, 0.1) is 0 Å². The number of amides is 1. The van der Waals surface area contributed by atoms with Crippen molar-refractivity contribution in [2.45, 2.75) is 25.4 Å². The van der Waals surface area contributed by atoms with Crippen molar-refractivity contribution in [2.75, 3.05) is 11.1 Å². The summed E-state index contributed by atoms with van der Waals surface area (Å²) in [5, 5.41) is 23.2. The summed E-state index contributed by atoms with van der Waals surface area (Å²) in [4.78, 5) is 60.5. The van der Waals surface area contributed by atoms with Gasteiger partial charge in [-0.3, -0.25) is 14.4 Å². The highest BCUT2D eigenvalue weighted by Gasteiger charge is 2.21. The van der Waals surface area contributed by atoms with E-state index in [0.29, 0.717) is 11.4 Å². The molecule has 3 rings (SSSR count). The lowest BCUT2D eigenvalue weighted by Crippen LogP contribution is -2.41. The topological polar surface area (TPSA) is 248 Å². The van der Waals surface area contributed by atoms with E-state index in [1.165, 1.54) is 18.3 Å². The number of benzene rings is 1. The summed E-state index contributed by atoms with van der Waals surface area (Å²) in [5.41, 5.74) is 6.47. The molecule has 0 saturated carbocycles. The number of aliphatic carboxylic acids is 2. The van der Waals surface area contributed by atoms with Crippen LogP contribution in [0.1, 0.15) is 28.9 Å². The Morgan fingerprint density at radius 3 is 2.45 bits per heavy atom. The molecule has 0 radical (unpaired) electrons. The Morgan fingerprint density at radius 2 is 1.82 bits per heavy atom. The number of aromatic amines is 1. The molecule has 0 spiro atoms. The Balaban J connectivity index is 0.00000385. The Bertz CT molecular complexity index is 1230. The van der Waals surface area contributed by atoms with Crippen molar-refractivity contribution in [3.05, 3.63) is 52.1 Å². The molecule has 0 aliphatic rings. The van der Waals surface area contributed by atoms with Gasteiger partial charge in [0.1, 0.15) is 6.04 Å². The minimum Gasteiger partial charge on any atom is -0.481 e. The molecule has 1 atom stereocenters. The molecule has 0 aliphatic carbocycles. The molecule has 14 nitrogen and oxygen atoms in total. The molecule has 33 heavy (non-hydrogen) atoms. The quantitative estimate of drug-likeness (QED) is 0.226. The number of fused-ring (bicyclic) bond motifs is 1. The van der Waals surface area contributed by atoms with Crippen LogP contribution in [0.25, 0.3) is 11.2 Å². The Labute approximate surface area is 185 Å². The zero-order chi connectivity index (χ0) is 23.3. The van der Waals surface area contributed by atoms with Gasteiger partial charge in [0.05, 0.1) is 18.4 Å². The van der Waals surface area contributed by atoms with Crippen LogP contribution >= 0.6 is 0 Å². The highest BCUT2D eigenvalue weighted by Crippen LogP contribution is 2.12. The van der Waals surface area contributed by atoms with Crippen LogP contribution in [0.15, 0.2) is 35.3 Å². The number of nitrogens with zero attached hydrogens (tertiary/aromatic N) is 3. The second kappa shape index (κ2) is 10.6. The molecule has 0 unspecified atom stereocenters. The number of carbonyl (C=O) groups is 3. The lowest BCUT2D eigenvalue weighted by molar-refractivity contribution is -0.140. The van der Waals surface area contributed by atoms with Gasteiger partial charge in [0, 0.05) is 17.7 Å². The first-order chi connectivity index (χ1) is 15.2. The second-order valence-electron chi connectivity index (χ2n) is 6.71. The molecule has 1 amide bonds. The van der Waals surface area contributed by atoms with E-state index in [0.717, 1.165) is 0 Å². The van der Waals surface area contributed by atoms with E-state index in [1.807, 2.05) is 0 Å². The third kappa shape index (κ3) is 6.44. The number of aromatic nitrogens is 4. The maximum Gasteiger partial charge on any atom is 0.326 e. The smallest absolute Gasteiger partial charge is 0.326 e. The number of carboxylic acid groups (broad SMARTS) is 2. The van der Waals surface area contributed by atoms with Gasteiger partial charge in [0.2, 0.25) is 5.95 Å². The number of anilines is 2. The van der Waals surface area contributed by atoms with Crippen molar-refractivity contribution in [1.82, 2.24) is 31.4 Å². The number of carboxylic acids is 2. The number of hydrogen-bond acceptors (Lipinski definition) is 10. The lowest BCUT2D eigenvalue weighted by atomic mass is 10.1. The van der Waals surface area contributed by atoms with Gasteiger partial charge in [0.25, 0.3) is 5.91 Å². The first-order valence-electron chi connectivity index (χ1n) is 9.33. The van der Waals surface area contributed by atoms with Crippen molar-refractivity contribution in [1.29, 1.82) is 0 Å². The first-order valence-corrected chi connectivity index (χ1v) is 9.33. The number of nitrogens with one attached hydrogen (secondary N) is 3. The first kappa shape index (κ1) is 24.7. The fourth-order valence-corrected chi connectivity index (χ4v) is 2.76. The minimum absolute atomic E-state index is 0. The minimum atomic E-state index is -1.31. The largest absolute Gasteiger partial charge is 0.481 e. The summed E-state index contributed by atoms with van der Waals surface area (Å²) in [6.45, 7) is 0.231. The van der Waals surface area contributed by atoms with E-state index < -0.39 is 29.4 Å². The summed E-state index contributed by atoms with van der Waals surface area (Å²) in [5.74, 6) is -3.16. The Kier molecular flexibility index (Phi) is 7.95. The molecule has 2 heterocycles. The van der Waals surface area contributed by atoms with Crippen molar-refractivity contribution in [3.8, 4) is 0 Å². The summed E-state index contributed by atoms with van der Waals surface area (Å²) in [6, 6.07) is 4.86. The molecule has 0 saturated heterocycles. The van der Waals surface area contributed by atoms with E-state index in [1.54, 1.807) is 12.1 Å². The van der Waals surface area contributed by atoms with Gasteiger partial charge < -0.3 is 37.7 Å². The molecule has 3 aromatic rings. The van der Waals surface area contributed by atoms with Crippen molar-refractivity contribution in [2.24, 2.45) is 0 Å². The van der Waals surface area contributed by atoms with Crippen molar-refractivity contribution >= 4 is 40.6 Å². The third-order valence-electron chi connectivity index (χ3n) is 4.36. The lowest BCUT2D eigenvalue weighted by Gasteiger charge is -2.14. The summed E-state index contributed by atoms with van der Waals surface area (Å²) in [6.07, 6.45) is 0.858. The van der Waals surface area contributed by atoms with E-state index >= 15 is 0 Å². The normalized spacial score (nSPS) is 11.3. The van der Waals surface area contributed by atoms with Crippen molar-refractivity contribution in [3.63, 3.8) is 0 Å². The van der Waals surface area contributed by atoms with Crippen molar-refractivity contribution < 1.29 is 24.6 Å². The number of rotatable bonds is 9. The SMILES string of the molecule is N.Nc1nc(=O)c2nc(CNc3ccc(C(=O)N[C@@H](CCC(=O)O)C(=O)O)cc3)cnc2[nH]1. The van der Waals surface area contributed by atoms with Gasteiger partial charge >= 0.3 is 17.5 Å². The average molecular weight is 458 g/mol. The number of nitrogen functional groups attached to an aromatic ring is 1. The molecular weight excluding hydrogens is 436 g/mol. The van der Waals surface area contributed by atoms with Crippen LogP contribution in [0.5, 0.6) is 0 Å². The number of carbonyl (C=O) groups excluding carboxylic acids is 1. The predicted octanol–water partition coefficient (Wildman–Crippen LogP) is 0.117. The number of H-pyrrole nitrogens is 1. The van der Waals surface area contributed by atoms with Crippen LogP contribution < -0.4 is 28.1 Å². The Morgan fingerprint density at radius 1 is 1.12 bits per heavy atom. The fourth-order valence-electron chi connectivity index (χ4n) is 2.76. The maximum atomic E-state index is 12.3. The molecule has 2 aromatic heterocycles. The molecule has 0 aliphatic heterocycles. The van der Waals surface area contributed by atoms with Crippen LogP contribution in [-0.4, -0.2) is 54.0 Å². The monoisotopic (exact) mass is 458 g/mol. The van der Waals surface area contributed by atoms with E-state index in [2.05, 4.69) is 30.6 Å². The summed E-state index contributed by atoms with van der Waals surface area (Å²) in [7, 11) is 0. The van der Waals surface area contributed by atoms with Crippen LogP contribution in [0.4, 0.5) is 11.6 Å². The molecular formula is C19H22N8O6. The third-order valence-corrected chi connectivity index (χ3v) is 4.36. The van der Waals surface area contributed by atoms with Crippen LogP contribution in [0.3, 0.4) is 0 Å². The highest BCUT2D eigenvalue weighted by molar-refractivity contribution is 5.96. The highest BCUT2D eigenvalue weighted by atomic mass is 16.4. The van der Waals surface area contributed by atoms with E-state index in [4.69, 9.17) is 15.9 Å². The van der Waals surface area contributed by atoms with Gasteiger partial charge in [0.15, 0.2) is 11.2 Å². The summed E-state index contributed by atoms with van der Waals surface area (Å²) < 4.78 is 0. The van der Waals surface area contributed by atoms with Gasteiger partial charge in [-0.1, -0.05) is 0 Å². The maximum absolute atomic E-state index is 12.3. The second-order valence-corrected chi connectivity index (χ2v) is 6.71. The van der Waals surface area contributed by atoms with Crippen LogP contribution in [-0.2, 0) is 16.1 Å². The molecule has 174 valence electrons. The standard InChI is InChI=1S/C19H19N7O6.H3N/c20-19-25-15-14(17(30)26-19)23-11(8-22-15)7-21-10-3-1-9(2-4-10)16(29)24-12(18(31)32)5-6-13(27)28;/h1-4,8,12,21H,5-7H2,(H,24,29)(H,27,28)(H,31,32)(H3,20,22,25,26,30);1H3/t12-;/m0./s1. The molecule has 0 bridgehead atoms. The van der Waals surface area contributed by atoms with E-state index in [-0.39, 0.29) is 48.2 Å². The predicted molar refractivity (Wildman–Crippen MR) is 117 cm³/mol. The van der Waals surface area contributed by atoms with Crippen LogP contribution in [0.2, 0.25) is 0 Å². The Hall–Kier alpha value is -4.59. The molecule has 1 aromatic carbocycles. The average Bonchev–Trinajstić information content (AvgIpc) is 2.75. The molecule has 0 fully saturated rings. The van der Waals surface area contributed by atoms with Gasteiger partial charge in [-0.2, -0.15) is 4.98 Å². The molecule has 10 N–H and O–H groups in total. The number of hydrogen-bond donors (Lipinski definition) is 7. The zero-order valence-corrected chi connectivity index (χ0v) is 17.2. The molecule has 14 heteroatoms. The van der Waals surface area contributed by atoms with Gasteiger partial charge in [-0.05, 0) is 30.7 Å². The zero-order valence-electron chi connectivity index (χ0n) is 17.2. The fraction of sp³-hybridized carbons (Fsp3) is 0.211. The summed E-state index contributed by atoms with van der Waals surface area (Å²) >= 11 is 0. The van der Waals surface area contributed by atoms with Gasteiger partial charge in [-0.25, -0.2) is 14.8 Å². The van der Waals surface area contributed by atoms with Gasteiger partial charge in [-0.15, -0.1) is 0 Å².